The Balaban J connectivity index is 3.07. The largest absolute Gasteiger partial charge is 0.496 e. The fourth-order valence-electron chi connectivity index (χ4n) is 1.30. The zero-order chi connectivity index (χ0) is 11.4. The summed E-state index contributed by atoms with van der Waals surface area (Å²) in [6.07, 6.45) is 4.19. The molecule has 1 aromatic rings. The van der Waals surface area contributed by atoms with Crippen molar-refractivity contribution in [3.8, 4) is 5.75 Å². The van der Waals surface area contributed by atoms with Gasteiger partial charge in [-0.15, -0.1) is 0 Å². The van der Waals surface area contributed by atoms with Crippen molar-refractivity contribution in [2.75, 3.05) is 19.6 Å². The summed E-state index contributed by atoms with van der Waals surface area (Å²) in [6.45, 7) is 0. The maximum atomic E-state index is 10.6. The maximum absolute atomic E-state index is 10.6. The molecule has 0 aliphatic carbocycles. The Morgan fingerprint density at radius 2 is 2.13 bits per heavy atom. The van der Waals surface area contributed by atoms with Crippen molar-refractivity contribution in [3.63, 3.8) is 0 Å². The topological polar surface area (TPSA) is 52.4 Å². The van der Waals surface area contributed by atoms with Crippen LogP contribution in [0.15, 0.2) is 18.2 Å². The first-order valence-corrected chi connectivity index (χ1v) is 6.61. The molecule has 0 N–H and O–H groups in total. The fraction of sp³-hybridized carbons (Fsp3) is 0.400. The first-order chi connectivity index (χ1) is 7.04. The molecule has 4 nitrogen and oxygen atoms in total. The van der Waals surface area contributed by atoms with Crippen LogP contribution in [0.2, 0.25) is 0 Å². The van der Waals surface area contributed by atoms with Crippen molar-refractivity contribution in [3.05, 3.63) is 33.9 Å². The van der Waals surface area contributed by atoms with Crippen molar-refractivity contribution < 1.29 is 9.66 Å². The van der Waals surface area contributed by atoms with Gasteiger partial charge in [0.25, 0.3) is 5.69 Å². The van der Waals surface area contributed by atoms with Gasteiger partial charge in [-0.2, -0.15) is 0 Å². The van der Waals surface area contributed by atoms with E-state index in [4.69, 9.17) is 4.74 Å². The van der Waals surface area contributed by atoms with Crippen LogP contribution in [0.5, 0.6) is 5.75 Å². The lowest BCUT2D eigenvalue weighted by Gasteiger charge is -2.06. The predicted molar refractivity (Wildman–Crippen MR) is 62.6 cm³/mol. The standard InChI is InChI=1S/C10H14NO3S/c1-14-10-5-4-9(11(12)13)6-8(10)7-15(2)3/h4-6H,7H2,1-3H3/q+1. The lowest BCUT2D eigenvalue weighted by molar-refractivity contribution is -0.384. The first-order valence-electron chi connectivity index (χ1n) is 4.40. The molecule has 82 valence electrons. The number of benzene rings is 1. The molecule has 0 saturated carbocycles. The third kappa shape index (κ3) is 3.13. The van der Waals surface area contributed by atoms with Gasteiger partial charge in [0.1, 0.15) is 11.5 Å². The third-order valence-electron chi connectivity index (χ3n) is 1.92. The average molecular weight is 228 g/mol. The Morgan fingerprint density at radius 3 is 2.60 bits per heavy atom. The molecule has 0 aliphatic heterocycles. The summed E-state index contributed by atoms with van der Waals surface area (Å²) in [5.41, 5.74) is 1.02. The van der Waals surface area contributed by atoms with Crippen molar-refractivity contribution in [1.82, 2.24) is 0 Å². The zero-order valence-corrected chi connectivity index (χ0v) is 9.84. The van der Waals surface area contributed by atoms with Crippen LogP contribution in [-0.2, 0) is 16.6 Å². The van der Waals surface area contributed by atoms with Gasteiger partial charge in [-0.1, -0.05) is 0 Å². The summed E-state index contributed by atoms with van der Waals surface area (Å²) >= 11 is 0. The van der Waals surface area contributed by atoms with Crippen LogP contribution in [0.1, 0.15) is 5.56 Å². The van der Waals surface area contributed by atoms with E-state index in [1.165, 1.54) is 6.07 Å². The summed E-state index contributed by atoms with van der Waals surface area (Å²) in [6, 6.07) is 4.71. The van der Waals surface area contributed by atoms with Crippen LogP contribution in [0.25, 0.3) is 0 Å². The lowest BCUT2D eigenvalue weighted by atomic mass is 10.2. The van der Waals surface area contributed by atoms with Crippen LogP contribution in [0, 0.1) is 10.1 Å². The summed E-state index contributed by atoms with van der Waals surface area (Å²) in [7, 11) is 1.77. The number of nitrogens with zero attached hydrogens (tertiary/aromatic N) is 1. The molecule has 0 atom stereocenters. The quantitative estimate of drug-likeness (QED) is 0.450. The summed E-state index contributed by atoms with van der Waals surface area (Å²) in [4.78, 5) is 10.2. The molecule has 0 aliphatic rings. The lowest BCUT2D eigenvalue weighted by Crippen LogP contribution is -2.02. The number of rotatable bonds is 4. The minimum absolute atomic E-state index is 0.122. The highest BCUT2D eigenvalue weighted by Crippen LogP contribution is 2.25. The van der Waals surface area contributed by atoms with Crippen LogP contribution in [0.3, 0.4) is 0 Å². The number of hydrogen-bond acceptors (Lipinski definition) is 3. The smallest absolute Gasteiger partial charge is 0.270 e. The summed E-state index contributed by atoms with van der Waals surface area (Å²) in [5, 5.41) is 10.6. The molecule has 0 amide bonds. The molecule has 1 aromatic carbocycles. The minimum Gasteiger partial charge on any atom is -0.496 e. The zero-order valence-electron chi connectivity index (χ0n) is 9.02. The molecular weight excluding hydrogens is 214 g/mol. The summed E-state index contributed by atoms with van der Waals surface area (Å²) < 4.78 is 5.16. The molecule has 0 fully saturated rings. The highest BCUT2D eigenvalue weighted by molar-refractivity contribution is 7.94. The van der Waals surface area contributed by atoms with Crippen molar-refractivity contribution in [1.29, 1.82) is 0 Å². The molecule has 0 bridgehead atoms. The molecule has 5 heteroatoms. The van der Waals surface area contributed by atoms with Crippen LogP contribution in [0.4, 0.5) is 5.69 Å². The van der Waals surface area contributed by atoms with E-state index < -0.39 is 0 Å². The highest BCUT2D eigenvalue weighted by Gasteiger charge is 2.15. The van der Waals surface area contributed by atoms with Gasteiger partial charge in [0, 0.05) is 17.7 Å². The van der Waals surface area contributed by atoms with Crippen molar-refractivity contribution in [2.45, 2.75) is 5.75 Å². The van der Waals surface area contributed by atoms with E-state index in [0.717, 1.165) is 17.1 Å². The predicted octanol–water partition coefficient (Wildman–Crippen LogP) is 1.98. The SMILES string of the molecule is COc1ccc([N+](=O)[O-])cc1C[S+](C)C. The van der Waals surface area contributed by atoms with Gasteiger partial charge in [0.15, 0.2) is 0 Å². The molecule has 0 saturated heterocycles. The first kappa shape index (κ1) is 11.8. The van der Waals surface area contributed by atoms with E-state index in [1.54, 1.807) is 19.2 Å². The molecule has 15 heavy (non-hydrogen) atoms. The van der Waals surface area contributed by atoms with E-state index in [1.807, 2.05) is 0 Å². The van der Waals surface area contributed by atoms with E-state index in [9.17, 15) is 10.1 Å². The molecule has 1 rings (SSSR count). The monoisotopic (exact) mass is 228 g/mol. The fourth-order valence-corrected chi connectivity index (χ4v) is 2.15. The van der Waals surface area contributed by atoms with Crippen LogP contribution >= 0.6 is 0 Å². The van der Waals surface area contributed by atoms with Crippen LogP contribution < -0.4 is 4.74 Å². The second-order valence-electron chi connectivity index (χ2n) is 3.38. The Morgan fingerprint density at radius 1 is 1.47 bits per heavy atom. The normalized spacial score (nSPS) is 10.4. The number of nitro groups is 1. The van der Waals surface area contributed by atoms with E-state index in [-0.39, 0.29) is 21.5 Å². The van der Waals surface area contributed by atoms with E-state index >= 15 is 0 Å². The number of nitro benzene ring substituents is 1. The Kier molecular flexibility index (Phi) is 3.96. The van der Waals surface area contributed by atoms with Gasteiger partial charge >= 0.3 is 0 Å². The van der Waals surface area contributed by atoms with Crippen LogP contribution in [-0.4, -0.2) is 24.5 Å². The van der Waals surface area contributed by atoms with E-state index in [0.29, 0.717) is 0 Å². The van der Waals surface area contributed by atoms with Gasteiger partial charge in [-0.3, -0.25) is 10.1 Å². The van der Waals surface area contributed by atoms with Crippen molar-refractivity contribution in [2.24, 2.45) is 0 Å². The Labute approximate surface area is 91.7 Å². The highest BCUT2D eigenvalue weighted by atomic mass is 32.2. The average Bonchev–Trinajstić information content (AvgIpc) is 2.16. The molecule has 0 radical (unpaired) electrons. The second kappa shape index (κ2) is 5.02. The molecule has 0 aromatic heterocycles. The van der Waals surface area contributed by atoms with Gasteiger partial charge < -0.3 is 4.74 Å². The van der Waals surface area contributed by atoms with Gasteiger partial charge in [-0.05, 0) is 17.0 Å². The number of ether oxygens (including phenoxy) is 1. The maximum Gasteiger partial charge on any atom is 0.270 e. The Hall–Kier alpha value is -1.23. The van der Waals surface area contributed by atoms with Crippen molar-refractivity contribution >= 4 is 16.6 Å². The van der Waals surface area contributed by atoms with E-state index in [2.05, 4.69) is 12.5 Å². The number of hydrogen-bond donors (Lipinski definition) is 0. The van der Waals surface area contributed by atoms with Gasteiger partial charge in [0.05, 0.1) is 24.5 Å². The number of methoxy groups -OCH3 is 1. The molecule has 0 unspecified atom stereocenters. The summed E-state index contributed by atoms with van der Waals surface area (Å²) in [5.74, 6) is 1.53. The molecule has 0 spiro atoms. The minimum atomic E-state index is -0.383. The van der Waals surface area contributed by atoms with Gasteiger partial charge in [0.2, 0.25) is 0 Å². The second-order valence-corrected chi connectivity index (χ2v) is 5.64. The number of non-ortho nitro benzene ring substituents is 1. The molecular formula is C10H14NO3S+. The third-order valence-corrected chi connectivity index (χ3v) is 2.81. The molecule has 0 heterocycles. The van der Waals surface area contributed by atoms with Gasteiger partial charge in [-0.25, -0.2) is 0 Å². The Bertz CT molecular complexity index is 366.